The van der Waals surface area contributed by atoms with E-state index in [9.17, 15) is 10.1 Å². The quantitative estimate of drug-likeness (QED) is 0.214. The maximum atomic E-state index is 11.9. The van der Waals surface area contributed by atoms with Gasteiger partial charge in [-0.15, -0.1) is 0 Å². The summed E-state index contributed by atoms with van der Waals surface area (Å²) in [5.41, 5.74) is 0.984. The molecule has 10 heteroatoms. The van der Waals surface area contributed by atoms with Crippen LogP contribution in [0.5, 0.6) is 0 Å². The minimum Gasteiger partial charge on any atom is -0.263 e. The van der Waals surface area contributed by atoms with Crippen molar-refractivity contribution in [3.05, 3.63) is 76.9 Å². The van der Waals surface area contributed by atoms with E-state index in [0.717, 1.165) is 0 Å². The van der Waals surface area contributed by atoms with Gasteiger partial charge in [-0.1, -0.05) is 69.6 Å². The Balaban J connectivity index is 2.31. The molecule has 0 aliphatic heterocycles. The number of aromatic nitrogens is 1. The minimum absolute atomic E-state index is 0.158. The molecule has 27 heavy (non-hydrogen) atoms. The Labute approximate surface area is 183 Å². The van der Waals surface area contributed by atoms with E-state index < -0.39 is 4.92 Å². The van der Waals surface area contributed by atoms with Crippen molar-refractivity contribution in [1.29, 1.82) is 0 Å². The highest BCUT2D eigenvalue weighted by atomic mass is 35.5. The van der Waals surface area contributed by atoms with Gasteiger partial charge in [-0.2, -0.15) is 0 Å². The molecule has 0 fully saturated rings. The highest BCUT2D eigenvalue weighted by Gasteiger charge is 2.24. The van der Waals surface area contributed by atoms with E-state index in [-0.39, 0.29) is 47.0 Å². The Morgan fingerprint density at radius 3 is 1.33 bits per heavy atom. The summed E-state index contributed by atoms with van der Waals surface area (Å²) in [6.07, 6.45) is 2.69. The lowest BCUT2D eigenvalue weighted by molar-refractivity contribution is -0.383. The van der Waals surface area contributed by atoms with Gasteiger partial charge in [0.2, 0.25) is 0 Å². The van der Waals surface area contributed by atoms with E-state index >= 15 is 0 Å². The van der Waals surface area contributed by atoms with Crippen molar-refractivity contribution in [1.82, 2.24) is 4.98 Å². The van der Waals surface area contributed by atoms with E-state index in [0.29, 0.717) is 11.1 Å². The molecule has 0 amide bonds. The third kappa shape index (κ3) is 3.97. The van der Waals surface area contributed by atoms with Crippen LogP contribution >= 0.6 is 69.6 Å². The lowest BCUT2D eigenvalue weighted by Crippen LogP contribution is -1.97. The van der Waals surface area contributed by atoms with Crippen molar-refractivity contribution in [3.63, 3.8) is 0 Å². The summed E-state index contributed by atoms with van der Waals surface area (Å²) in [7, 11) is 0. The lowest BCUT2D eigenvalue weighted by Gasteiger charge is -2.11. The van der Waals surface area contributed by atoms with Gasteiger partial charge >= 0.3 is 0 Å². The number of rotatable bonds is 3. The monoisotopic (exact) mass is 480 g/mol. The summed E-state index contributed by atoms with van der Waals surface area (Å²) in [4.78, 5) is 15.4. The average molecular weight is 483 g/mol. The Bertz CT molecular complexity index is 965. The molecule has 2 aromatic carbocycles. The van der Waals surface area contributed by atoms with Crippen molar-refractivity contribution in [3.8, 4) is 22.3 Å². The highest BCUT2D eigenvalue weighted by molar-refractivity contribution is 6.49. The summed E-state index contributed by atoms with van der Waals surface area (Å²) in [5, 5.41) is 12.8. The maximum Gasteiger partial charge on any atom is 0.288 e. The molecule has 3 rings (SSSR count). The molecule has 0 radical (unpaired) electrons. The number of hydrogen-bond donors (Lipinski definition) is 0. The van der Waals surface area contributed by atoms with Crippen LogP contribution < -0.4 is 0 Å². The van der Waals surface area contributed by atoms with E-state index in [4.69, 9.17) is 69.6 Å². The Hall–Kier alpha value is -1.27. The second kappa shape index (κ2) is 8.00. The lowest BCUT2D eigenvalue weighted by atomic mass is 9.99. The van der Waals surface area contributed by atoms with E-state index in [1.54, 1.807) is 0 Å². The molecule has 0 N–H and O–H groups in total. The van der Waals surface area contributed by atoms with Crippen LogP contribution in [0.3, 0.4) is 0 Å². The molecular weight excluding hydrogens is 477 g/mol. The topological polar surface area (TPSA) is 56.0 Å². The zero-order valence-electron chi connectivity index (χ0n) is 12.9. The molecule has 138 valence electrons. The molecule has 0 aliphatic carbocycles. The highest BCUT2D eigenvalue weighted by Crippen LogP contribution is 2.43. The van der Waals surface area contributed by atoms with Crippen molar-refractivity contribution in [2.45, 2.75) is 0 Å². The van der Waals surface area contributed by atoms with Gasteiger partial charge in [0.15, 0.2) is 0 Å². The fraction of sp³-hybridized carbons (Fsp3) is 0. The molecule has 0 atom stereocenters. The number of pyridine rings is 1. The summed E-state index contributed by atoms with van der Waals surface area (Å²) < 4.78 is 0. The largest absolute Gasteiger partial charge is 0.288 e. The van der Waals surface area contributed by atoms with Crippen LogP contribution in [0, 0.1) is 10.1 Å². The van der Waals surface area contributed by atoms with Crippen LogP contribution in [0.1, 0.15) is 0 Å². The van der Waals surface area contributed by atoms with Crippen LogP contribution in [0.2, 0.25) is 30.1 Å². The second-order valence-electron chi connectivity index (χ2n) is 5.35. The molecule has 3 aromatic rings. The summed E-state index contributed by atoms with van der Waals surface area (Å²) in [6.45, 7) is 0. The van der Waals surface area contributed by atoms with Crippen molar-refractivity contribution in [2.75, 3.05) is 0 Å². The molecule has 1 heterocycles. The van der Waals surface area contributed by atoms with Crippen LogP contribution in [-0.2, 0) is 0 Å². The fourth-order valence-corrected chi connectivity index (χ4v) is 3.69. The number of benzene rings is 2. The third-order valence-electron chi connectivity index (χ3n) is 3.69. The van der Waals surface area contributed by atoms with Crippen molar-refractivity contribution >= 4 is 75.3 Å². The van der Waals surface area contributed by atoms with Crippen LogP contribution in [0.4, 0.5) is 5.69 Å². The molecular formula is C17H6Cl6N2O2. The van der Waals surface area contributed by atoms with Gasteiger partial charge < -0.3 is 0 Å². The van der Waals surface area contributed by atoms with Gasteiger partial charge in [-0.05, 0) is 35.4 Å². The number of nitrogens with zero attached hydrogens (tertiary/aromatic N) is 2. The Kier molecular flexibility index (Phi) is 6.06. The minimum atomic E-state index is -0.529. The SMILES string of the molecule is O=[N+]([O-])c1c(-c2cc(Cl)c(Cl)c(Cl)c2)cncc1-c1cc(Cl)c(Cl)c(Cl)c1. The van der Waals surface area contributed by atoms with Crippen molar-refractivity contribution in [2.24, 2.45) is 0 Å². The molecule has 0 aliphatic rings. The number of hydrogen-bond acceptors (Lipinski definition) is 3. The van der Waals surface area contributed by atoms with E-state index in [2.05, 4.69) is 4.98 Å². The van der Waals surface area contributed by atoms with Crippen LogP contribution in [-0.4, -0.2) is 9.91 Å². The predicted molar refractivity (Wildman–Crippen MR) is 112 cm³/mol. The zero-order valence-corrected chi connectivity index (χ0v) is 17.5. The summed E-state index contributed by atoms with van der Waals surface area (Å²) >= 11 is 36.2. The van der Waals surface area contributed by atoms with Crippen molar-refractivity contribution < 1.29 is 4.92 Å². The molecule has 4 nitrogen and oxygen atoms in total. The van der Waals surface area contributed by atoms with Gasteiger partial charge in [0.1, 0.15) is 0 Å². The molecule has 1 aromatic heterocycles. The first kappa shape index (κ1) is 20.5. The Morgan fingerprint density at radius 1 is 0.704 bits per heavy atom. The van der Waals surface area contributed by atoms with Gasteiger partial charge in [-0.25, -0.2) is 0 Å². The van der Waals surface area contributed by atoms with E-state index in [1.807, 2.05) is 0 Å². The molecule has 0 saturated heterocycles. The Morgan fingerprint density at radius 2 is 1.04 bits per heavy atom. The standard InChI is InChI=1S/C17H6Cl6N2O2/c18-11-1-7(2-12(19)15(11)22)9-5-24-6-10(17(9)25(26)27)8-3-13(20)16(23)14(21)4-8/h1-6H. The first-order valence-electron chi connectivity index (χ1n) is 7.13. The van der Waals surface area contributed by atoms with Gasteiger partial charge in [0, 0.05) is 12.4 Å². The number of nitro groups is 1. The van der Waals surface area contributed by atoms with Gasteiger partial charge in [0.25, 0.3) is 5.69 Å². The second-order valence-corrected chi connectivity index (χ2v) is 7.73. The normalized spacial score (nSPS) is 10.9. The average Bonchev–Trinajstić information content (AvgIpc) is 2.62. The predicted octanol–water partition coefficient (Wildman–Crippen LogP) is 8.24. The first-order chi connectivity index (χ1) is 12.7. The summed E-state index contributed by atoms with van der Waals surface area (Å²) in [5.74, 6) is 0. The molecule has 0 unspecified atom stereocenters. The van der Waals surface area contributed by atoms with Crippen LogP contribution in [0.25, 0.3) is 22.3 Å². The maximum absolute atomic E-state index is 11.9. The zero-order chi connectivity index (χ0) is 19.9. The molecule has 0 saturated carbocycles. The number of halogens is 6. The fourth-order valence-electron chi connectivity index (χ4n) is 2.49. The molecule has 0 spiro atoms. The summed E-state index contributed by atoms with van der Waals surface area (Å²) in [6, 6.07) is 5.91. The van der Waals surface area contributed by atoms with E-state index in [1.165, 1.54) is 36.7 Å². The van der Waals surface area contributed by atoms with Gasteiger partial charge in [0.05, 0.1) is 46.2 Å². The van der Waals surface area contributed by atoms with Crippen LogP contribution in [0.15, 0.2) is 36.7 Å². The molecule has 0 bridgehead atoms. The van der Waals surface area contributed by atoms with Gasteiger partial charge in [-0.3, -0.25) is 15.1 Å². The smallest absolute Gasteiger partial charge is 0.263 e. The third-order valence-corrected chi connectivity index (χ3v) is 6.08. The first-order valence-corrected chi connectivity index (χ1v) is 9.39.